The molecule has 1 aliphatic rings. The third-order valence-electron chi connectivity index (χ3n) is 1.68. The van der Waals surface area contributed by atoms with E-state index >= 15 is 0 Å². The van der Waals surface area contributed by atoms with Crippen molar-refractivity contribution >= 4 is 11.3 Å². The summed E-state index contributed by atoms with van der Waals surface area (Å²) < 4.78 is 5.16. The first kappa shape index (κ1) is 6.38. The van der Waals surface area contributed by atoms with Crippen molar-refractivity contribution in [2.24, 2.45) is 0 Å². The van der Waals surface area contributed by atoms with E-state index in [9.17, 15) is 0 Å². The van der Waals surface area contributed by atoms with E-state index in [1.165, 1.54) is 9.75 Å². The zero-order valence-electron chi connectivity index (χ0n) is 5.96. The van der Waals surface area contributed by atoms with E-state index < -0.39 is 0 Å². The van der Waals surface area contributed by atoms with Gasteiger partial charge in [-0.3, -0.25) is 0 Å². The molecule has 0 unspecified atom stereocenters. The molecular formula is C8H10OS. The van der Waals surface area contributed by atoms with Gasteiger partial charge in [0, 0.05) is 9.75 Å². The van der Waals surface area contributed by atoms with Crippen LogP contribution in [-0.4, -0.2) is 6.61 Å². The summed E-state index contributed by atoms with van der Waals surface area (Å²) in [6.07, 6.45) is 1.60. The smallest absolute Gasteiger partial charge is 0.115 e. The molecule has 0 aromatic carbocycles. The van der Waals surface area contributed by atoms with E-state index in [2.05, 4.69) is 19.1 Å². The fraction of sp³-hybridized carbons (Fsp3) is 0.500. The molecule has 0 N–H and O–H groups in total. The summed E-state index contributed by atoms with van der Waals surface area (Å²) in [5.74, 6) is 0. The van der Waals surface area contributed by atoms with E-state index in [-0.39, 0.29) is 0 Å². The molecule has 1 aliphatic heterocycles. The van der Waals surface area contributed by atoms with Crippen molar-refractivity contribution in [1.29, 1.82) is 0 Å². The third-order valence-corrected chi connectivity index (χ3v) is 3.00. The molecule has 1 nitrogen and oxygen atoms in total. The van der Waals surface area contributed by atoms with Crippen molar-refractivity contribution in [3.05, 3.63) is 21.9 Å². The van der Waals surface area contributed by atoms with Crippen molar-refractivity contribution < 1.29 is 4.74 Å². The molecule has 0 saturated carbocycles. The van der Waals surface area contributed by atoms with Crippen molar-refractivity contribution in [2.45, 2.75) is 19.4 Å². The van der Waals surface area contributed by atoms with E-state index in [0.717, 1.165) is 13.0 Å². The summed E-state index contributed by atoms with van der Waals surface area (Å²) in [5, 5.41) is 0. The second-order valence-corrected chi connectivity index (χ2v) is 3.68. The molecule has 2 heteroatoms. The number of rotatable bonds is 2. The highest BCUT2D eigenvalue weighted by Crippen LogP contribution is 2.34. The second-order valence-electron chi connectivity index (χ2n) is 2.48. The van der Waals surface area contributed by atoms with Crippen LogP contribution in [0.3, 0.4) is 0 Å². The van der Waals surface area contributed by atoms with E-state index in [1.807, 2.05) is 11.3 Å². The molecule has 0 aliphatic carbocycles. The maximum atomic E-state index is 5.16. The fourth-order valence-corrected chi connectivity index (χ4v) is 1.96. The fourth-order valence-electron chi connectivity index (χ4n) is 0.970. The predicted octanol–water partition coefficient (Wildman–Crippen LogP) is 2.38. The molecule has 2 heterocycles. The van der Waals surface area contributed by atoms with Gasteiger partial charge in [-0.05, 0) is 18.6 Å². The molecule has 54 valence electrons. The quantitative estimate of drug-likeness (QED) is 0.596. The molecule has 1 fully saturated rings. The van der Waals surface area contributed by atoms with Crippen LogP contribution in [0.2, 0.25) is 0 Å². The van der Waals surface area contributed by atoms with E-state index in [0.29, 0.717) is 6.10 Å². The van der Waals surface area contributed by atoms with Gasteiger partial charge in [-0.2, -0.15) is 0 Å². The highest BCUT2D eigenvalue weighted by molar-refractivity contribution is 7.12. The number of ether oxygens (including phenoxy) is 1. The molecule has 1 aromatic heterocycles. The second kappa shape index (κ2) is 2.36. The lowest BCUT2D eigenvalue weighted by Crippen LogP contribution is -1.67. The first-order chi connectivity index (χ1) is 4.90. The third kappa shape index (κ3) is 1.09. The van der Waals surface area contributed by atoms with Crippen LogP contribution in [0, 0.1) is 0 Å². The zero-order chi connectivity index (χ0) is 6.97. The van der Waals surface area contributed by atoms with Gasteiger partial charge in [-0.15, -0.1) is 11.3 Å². The Morgan fingerprint density at radius 3 is 3.00 bits per heavy atom. The average Bonchev–Trinajstić information content (AvgIpc) is 2.70. The lowest BCUT2D eigenvalue weighted by atomic mass is 10.3. The predicted molar refractivity (Wildman–Crippen MR) is 42.4 cm³/mol. The number of thiophene rings is 1. The highest BCUT2D eigenvalue weighted by Gasteiger charge is 2.25. The molecule has 2 rings (SSSR count). The molecule has 1 aromatic rings. The van der Waals surface area contributed by atoms with E-state index in [1.54, 1.807) is 0 Å². The van der Waals surface area contributed by atoms with Gasteiger partial charge in [0.05, 0.1) is 6.61 Å². The maximum absolute atomic E-state index is 5.16. The van der Waals surface area contributed by atoms with Crippen LogP contribution in [0.4, 0.5) is 0 Å². The van der Waals surface area contributed by atoms with Crippen LogP contribution in [-0.2, 0) is 11.2 Å². The number of aryl methyl sites for hydroxylation is 1. The summed E-state index contributed by atoms with van der Waals surface area (Å²) in [4.78, 5) is 2.86. The lowest BCUT2D eigenvalue weighted by molar-refractivity contribution is 0.418. The highest BCUT2D eigenvalue weighted by atomic mass is 32.1. The minimum Gasteiger partial charge on any atom is -0.367 e. The first-order valence-corrected chi connectivity index (χ1v) is 4.42. The number of hydrogen-bond acceptors (Lipinski definition) is 2. The standard InChI is InChI=1S/C8H10OS/c1-2-6-3-4-8(10-6)7-5-9-7/h3-4,7H,2,5H2,1H3/t7-/m1/s1. The van der Waals surface area contributed by atoms with Crippen molar-refractivity contribution in [1.82, 2.24) is 0 Å². The van der Waals surface area contributed by atoms with Crippen LogP contribution < -0.4 is 0 Å². The Hall–Kier alpha value is -0.340. The summed E-state index contributed by atoms with van der Waals surface area (Å²) in [6.45, 7) is 3.12. The monoisotopic (exact) mass is 154 g/mol. The largest absolute Gasteiger partial charge is 0.367 e. The van der Waals surface area contributed by atoms with Gasteiger partial charge >= 0.3 is 0 Å². The lowest BCUT2D eigenvalue weighted by Gasteiger charge is -1.84. The van der Waals surface area contributed by atoms with Crippen LogP contribution in [0.15, 0.2) is 12.1 Å². The summed E-state index contributed by atoms with van der Waals surface area (Å²) >= 11 is 1.88. The van der Waals surface area contributed by atoms with Gasteiger partial charge in [0.15, 0.2) is 0 Å². The molecule has 0 spiro atoms. The average molecular weight is 154 g/mol. The van der Waals surface area contributed by atoms with Gasteiger partial charge in [0.25, 0.3) is 0 Å². The van der Waals surface area contributed by atoms with Gasteiger partial charge in [0.2, 0.25) is 0 Å². The Morgan fingerprint density at radius 1 is 1.70 bits per heavy atom. The Kier molecular flexibility index (Phi) is 1.51. The summed E-state index contributed by atoms with van der Waals surface area (Å²) in [5.41, 5.74) is 0. The van der Waals surface area contributed by atoms with Crippen molar-refractivity contribution in [3.63, 3.8) is 0 Å². The van der Waals surface area contributed by atoms with Gasteiger partial charge in [0.1, 0.15) is 6.10 Å². The van der Waals surface area contributed by atoms with Gasteiger partial charge in [-0.1, -0.05) is 6.92 Å². The molecule has 0 radical (unpaired) electrons. The van der Waals surface area contributed by atoms with Crippen LogP contribution in [0.1, 0.15) is 22.8 Å². The molecule has 1 atom stereocenters. The van der Waals surface area contributed by atoms with Crippen LogP contribution in [0.5, 0.6) is 0 Å². The molecule has 1 saturated heterocycles. The van der Waals surface area contributed by atoms with Crippen LogP contribution in [0.25, 0.3) is 0 Å². The number of epoxide rings is 1. The van der Waals surface area contributed by atoms with Crippen LogP contribution >= 0.6 is 11.3 Å². The molecule has 0 bridgehead atoms. The summed E-state index contributed by atoms with van der Waals surface area (Å²) in [7, 11) is 0. The first-order valence-electron chi connectivity index (χ1n) is 3.60. The summed E-state index contributed by atoms with van der Waals surface area (Å²) in [6, 6.07) is 4.38. The topological polar surface area (TPSA) is 12.5 Å². The minimum atomic E-state index is 0.449. The molecular weight excluding hydrogens is 144 g/mol. The Labute approximate surface area is 64.6 Å². The van der Waals surface area contributed by atoms with Crippen molar-refractivity contribution in [3.8, 4) is 0 Å². The minimum absolute atomic E-state index is 0.449. The maximum Gasteiger partial charge on any atom is 0.115 e. The Bertz CT molecular complexity index is 225. The molecule has 10 heavy (non-hydrogen) atoms. The van der Waals surface area contributed by atoms with E-state index in [4.69, 9.17) is 4.74 Å². The van der Waals surface area contributed by atoms with Crippen molar-refractivity contribution in [2.75, 3.05) is 6.61 Å². The molecule has 0 amide bonds. The van der Waals surface area contributed by atoms with Gasteiger partial charge < -0.3 is 4.74 Å². The van der Waals surface area contributed by atoms with Gasteiger partial charge in [-0.25, -0.2) is 0 Å². The zero-order valence-corrected chi connectivity index (χ0v) is 6.78. The Morgan fingerprint density at radius 2 is 2.50 bits per heavy atom. The number of hydrogen-bond donors (Lipinski definition) is 0. The SMILES string of the molecule is CCc1ccc([C@H]2CO2)s1. The normalized spacial score (nSPS) is 23.1. The Balaban J connectivity index is 2.19.